The molecule has 1 fully saturated rings. The van der Waals surface area contributed by atoms with Crippen LogP contribution in [0.2, 0.25) is 5.02 Å². The van der Waals surface area contributed by atoms with E-state index in [1.54, 1.807) is 11.0 Å². The lowest BCUT2D eigenvalue weighted by atomic mass is 10.1. The average Bonchev–Trinajstić information content (AvgIpc) is 3.12. The third kappa shape index (κ3) is 3.33. The molecule has 164 valence electrons. The van der Waals surface area contributed by atoms with Gasteiger partial charge in [0.05, 0.1) is 5.02 Å². The van der Waals surface area contributed by atoms with Crippen LogP contribution in [-0.2, 0) is 6.54 Å². The zero-order valence-corrected chi connectivity index (χ0v) is 17.8. The highest BCUT2D eigenvalue weighted by molar-refractivity contribution is 6.30. The van der Waals surface area contributed by atoms with Crippen LogP contribution in [0, 0.1) is 5.82 Å². The van der Waals surface area contributed by atoms with E-state index < -0.39 is 28.8 Å². The van der Waals surface area contributed by atoms with E-state index in [2.05, 4.69) is 5.32 Å². The second-order valence-corrected chi connectivity index (χ2v) is 8.09. The van der Waals surface area contributed by atoms with E-state index in [9.17, 15) is 23.9 Å². The van der Waals surface area contributed by atoms with Crippen molar-refractivity contribution >= 4 is 23.4 Å². The summed E-state index contributed by atoms with van der Waals surface area (Å²) in [4.78, 5) is 40.0. The molecule has 0 spiro atoms. The van der Waals surface area contributed by atoms with Gasteiger partial charge < -0.3 is 15.3 Å². The number of carbonyl (C=O) groups excluding carboxylic acids is 2. The Bertz CT molecular complexity index is 1140. The van der Waals surface area contributed by atoms with E-state index in [4.69, 9.17) is 11.6 Å². The van der Waals surface area contributed by atoms with Gasteiger partial charge >= 0.3 is 0 Å². The number of hydrogen-bond acceptors (Lipinski definition) is 5. The summed E-state index contributed by atoms with van der Waals surface area (Å²) in [5.74, 6) is -2.68. The molecule has 3 heterocycles. The number of nitrogens with zero attached hydrogens (tertiary/aromatic N) is 3. The van der Waals surface area contributed by atoms with Crippen LogP contribution in [0.25, 0.3) is 0 Å². The molecule has 1 aromatic heterocycles. The molecule has 2 atom stereocenters. The van der Waals surface area contributed by atoms with Crippen molar-refractivity contribution in [1.82, 2.24) is 14.9 Å². The number of nitrogens with one attached hydrogen (secondary N) is 1. The number of aromatic hydroxyl groups is 1. The molecular formula is C21H22ClFN4O4. The summed E-state index contributed by atoms with van der Waals surface area (Å²) in [5.41, 5.74) is -1.29. The standard InChI is InChI=1S/C21H22ClFN4O4/c1-3-25-15-8-7-11(2)27(15)26-10-13(18(28)19(29)17(26)21(25)31)20(30)24-9-12-5-4-6-14(22)16(12)23/h4-6,10-11,15,29H,3,7-9H2,1-2H3,(H,24,30)/t11-,15+/m1/s1. The smallest absolute Gasteiger partial charge is 0.278 e. The van der Waals surface area contributed by atoms with E-state index in [0.717, 1.165) is 12.8 Å². The van der Waals surface area contributed by atoms with E-state index in [0.29, 0.717) is 6.54 Å². The maximum atomic E-state index is 14.1. The van der Waals surface area contributed by atoms with E-state index in [-0.39, 0.29) is 40.6 Å². The second kappa shape index (κ2) is 7.88. The van der Waals surface area contributed by atoms with Crippen molar-refractivity contribution in [3.8, 4) is 5.75 Å². The largest absolute Gasteiger partial charge is 0.502 e. The Morgan fingerprint density at radius 3 is 2.77 bits per heavy atom. The molecule has 0 radical (unpaired) electrons. The zero-order valence-electron chi connectivity index (χ0n) is 17.1. The Morgan fingerprint density at radius 2 is 2.06 bits per heavy atom. The van der Waals surface area contributed by atoms with Gasteiger partial charge in [0.2, 0.25) is 5.43 Å². The fourth-order valence-electron chi connectivity index (χ4n) is 4.32. The van der Waals surface area contributed by atoms with Gasteiger partial charge in [0.15, 0.2) is 11.4 Å². The van der Waals surface area contributed by atoms with Crippen LogP contribution in [0.4, 0.5) is 4.39 Å². The van der Waals surface area contributed by atoms with Gasteiger partial charge in [-0.25, -0.2) is 4.39 Å². The van der Waals surface area contributed by atoms with Crippen LogP contribution in [0.1, 0.15) is 53.1 Å². The van der Waals surface area contributed by atoms with Gasteiger partial charge in [-0.1, -0.05) is 23.7 Å². The van der Waals surface area contributed by atoms with E-state index >= 15 is 0 Å². The molecule has 1 saturated heterocycles. The Kier molecular flexibility index (Phi) is 5.38. The molecule has 2 aromatic rings. The SMILES string of the molecule is CCN1C(=O)c2c(O)c(=O)c(C(=O)NCc3cccc(Cl)c3F)cn2N2[C@H](C)CC[C@@H]12. The molecule has 2 amide bonds. The van der Waals surface area contributed by atoms with Crippen molar-refractivity contribution in [2.45, 2.75) is 45.4 Å². The van der Waals surface area contributed by atoms with Gasteiger partial charge in [-0.05, 0) is 32.8 Å². The van der Waals surface area contributed by atoms with Crippen LogP contribution in [-0.4, -0.2) is 45.2 Å². The van der Waals surface area contributed by atoms with Crippen molar-refractivity contribution in [3.63, 3.8) is 0 Å². The number of halogens is 2. The molecule has 4 rings (SSSR count). The number of rotatable bonds is 4. The molecule has 2 aliphatic rings. The van der Waals surface area contributed by atoms with Crippen molar-refractivity contribution in [1.29, 1.82) is 0 Å². The number of benzene rings is 1. The van der Waals surface area contributed by atoms with E-state index in [1.807, 2.05) is 18.9 Å². The molecule has 2 N–H and O–H groups in total. The summed E-state index contributed by atoms with van der Waals surface area (Å²) >= 11 is 5.76. The van der Waals surface area contributed by atoms with Crippen molar-refractivity contribution in [2.24, 2.45) is 0 Å². The maximum Gasteiger partial charge on any atom is 0.278 e. The first kappa shape index (κ1) is 21.2. The average molecular weight is 449 g/mol. The number of aromatic nitrogens is 1. The minimum Gasteiger partial charge on any atom is -0.502 e. The monoisotopic (exact) mass is 448 g/mol. The first-order chi connectivity index (χ1) is 14.8. The Labute approximate surface area is 182 Å². The van der Waals surface area contributed by atoms with Gasteiger partial charge in [-0.3, -0.25) is 24.1 Å². The second-order valence-electron chi connectivity index (χ2n) is 7.69. The highest BCUT2D eigenvalue weighted by Crippen LogP contribution is 2.33. The molecule has 0 saturated carbocycles. The summed E-state index contributed by atoms with van der Waals surface area (Å²) in [7, 11) is 0. The van der Waals surface area contributed by atoms with Crippen LogP contribution < -0.4 is 15.8 Å². The van der Waals surface area contributed by atoms with Gasteiger partial charge in [0.1, 0.15) is 17.5 Å². The lowest BCUT2D eigenvalue weighted by Gasteiger charge is -2.44. The van der Waals surface area contributed by atoms with Gasteiger partial charge in [-0.2, -0.15) is 0 Å². The summed E-state index contributed by atoms with van der Waals surface area (Å²) in [6.45, 7) is 4.04. The minimum absolute atomic E-state index is 0.0317. The number of amides is 2. The summed E-state index contributed by atoms with van der Waals surface area (Å²) in [6.07, 6.45) is 2.61. The predicted molar refractivity (Wildman–Crippen MR) is 112 cm³/mol. The minimum atomic E-state index is -0.954. The van der Waals surface area contributed by atoms with Crippen LogP contribution in [0.15, 0.2) is 29.2 Å². The summed E-state index contributed by atoms with van der Waals surface area (Å²) in [5, 5.41) is 14.9. The summed E-state index contributed by atoms with van der Waals surface area (Å²) < 4.78 is 15.5. The van der Waals surface area contributed by atoms with Crippen LogP contribution in [0.3, 0.4) is 0 Å². The van der Waals surface area contributed by atoms with Gasteiger partial charge in [-0.15, -0.1) is 0 Å². The van der Waals surface area contributed by atoms with Crippen LogP contribution >= 0.6 is 11.6 Å². The molecule has 2 aliphatic heterocycles. The fourth-order valence-corrected chi connectivity index (χ4v) is 4.51. The number of hydrogen-bond donors (Lipinski definition) is 2. The van der Waals surface area contributed by atoms with Crippen molar-refractivity contribution < 1.29 is 19.1 Å². The zero-order chi connectivity index (χ0) is 22.4. The lowest BCUT2D eigenvalue weighted by Crippen LogP contribution is -2.60. The third-order valence-electron chi connectivity index (χ3n) is 5.89. The topological polar surface area (TPSA) is 94.9 Å². The number of fused-ring (bicyclic) bond motifs is 3. The fraction of sp³-hybridized carbons (Fsp3) is 0.381. The molecular weight excluding hydrogens is 427 g/mol. The Morgan fingerprint density at radius 1 is 1.32 bits per heavy atom. The molecule has 0 bridgehead atoms. The molecule has 0 unspecified atom stereocenters. The first-order valence-corrected chi connectivity index (χ1v) is 10.4. The first-order valence-electron chi connectivity index (χ1n) is 10.1. The van der Waals surface area contributed by atoms with E-state index in [1.165, 1.54) is 23.0 Å². The van der Waals surface area contributed by atoms with Gasteiger partial charge in [0.25, 0.3) is 11.8 Å². The molecule has 1 aromatic carbocycles. The van der Waals surface area contributed by atoms with Crippen LogP contribution in [0.5, 0.6) is 5.75 Å². The number of pyridine rings is 1. The summed E-state index contributed by atoms with van der Waals surface area (Å²) in [6, 6.07) is 4.43. The van der Waals surface area contributed by atoms with Crippen molar-refractivity contribution in [3.05, 3.63) is 62.3 Å². The quantitative estimate of drug-likeness (QED) is 0.747. The molecule has 31 heavy (non-hydrogen) atoms. The van der Waals surface area contributed by atoms with Gasteiger partial charge in [0, 0.05) is 30.9 Å². The highest BCUT2D eigenvalue weighted by atomic mass is 35.5. The molecule has 8 nitrogen and oxygen atoms in total. The number of carbonyl (C=O) groups is 2. The third-order valence-corrected chi connectivity index (χ3v) is 6.18. The maximum absolute atomic E-state index is 14.1. The normalized spacial score (nSPS) is 19.9. The predicted octanol–water partition coefficient (Wildman–Crippen LogP) is 2.20. The van der Waals surface area contributed by atoms with Crippen molar-refractivity contribution in [2.75, 3.05) is 11.6 Å². The molecule has 10 heteroatoms. The Hall–Kier alpha value is -3.07. The lowest BCUT2D eigenvalue weighted by molar-refractivity contribution is 0.0600. The highest BCUT2D eigenvalue weighted by Gasteiger charge is 2.44. The molecule has 0 aliphatic carbocycles. The Balaban J connectivity index is 1.72.